The van der Waals surface area contributed by atoms with E-state index in [1.807, 2.05) is 19.2 Å². The Morgan fingerprint density at radius 1 is 1.53 bits per heavy atom. The summed E-state index contributed by atoms with van der Waals surface area (Å²) in [4.78, 5) is 4.18. The van der Waals surface area contributed by atoms with Gasteiger partial charge in [-0.3, -0.25) is 4.98 Å². The summed E-state index contributed by atoms with van der Waals surface area (Å²) in [7, 11) is 0. The van der Waals surface area contributed by atoms with Crippen molar-refractivity contribution in [2.45, 2.75) is 32.2 Å². The van der Waals surface area contributed by atoms with Gasteiger partial charge in [-0.1, -0.05) is 6.42 Å². The van der Waals surface area contributed by atoms with Gasteiger partial charge >= 0.3 is 0 Å². The zero-order valence-electron chi connectivity index (χ0n) is 9.29. The molecule has 0 spiro atoms. The number of anilines is 1. The number of hydrogen-bond donors (Lipinski definition) is 2. The Bertz CT molecular complexity index is 305. The van der Waals surface area contributed by atoms with Crippen LogP contribution in [0.4, 0.5) is 5.69 Å². The van der Waals surface area contributed by atoms with Gasteiger partial charge in [-0.2, -0.15) is 0 Å². The molecule has 1 unspecified atom stereocenters. The van der Waals surface area contributed by atoms with Crippen LogP contribution in [0.3, 0.4) is 0 Å². The second kappa shape index (κ2) is 5.12. The minimum absolute atomic E-state index is 0.632. The second-order valence-corrected chi connectivity index (χ2v) is 4.21. The first-order valence-electron chi connectivity index (χ1n) is 5.74. The van der Waals surface area contributed by atoms with E-state index < -0.39 is 0 Å². The molecule has 1 aromatic heterocycles. The van der Waals surface area contributed by atoms with Crippen molar-refractivity contribution in [3.8, 4) is 0 Å². The molecule has 0 aromatic carbocycles. The van der Waals surface area contributed by atoms with Crippen LogP contribution in [0, 0.1) is 6.92 Å². The second-order valence-electron chi connectivity index (χ2n) is 4.21. The molecule has 0 saturated carbocycles. The van der Waals surface area contributed by atoms with E-state index in [-0.39, 0.29) is 0 Å². The van der Waals surface area contributed by atoms with E-state index in [9.17, 15) is 0 Å². The van der Waals surface area contributed by atoms with Crippen LogP contribution >= 0.6 is 0 Å². The lowest BCUT2D eigenvalue weighted by Gasteiger charge is -2.24. The summed E-state index contributed by atoms with van der Waals surface area (Å²) in [6.07, 6.45) is 5.82. The largest absolute Gasteiger partial charge is 0.383 e. The fourth-order valence-electron chi connectivity index (χ4n) is 1.99. The van der Waals surface area contributed by atoms with Crippen molar-refractivity contribution < 1.29 is 0 Å². The Morgan fingerprint density at radius 3 is 3.20 bits per heavy atom. The number of piperidine rings is 1. The molecule has 3 nitrogen and oxygen atoms in total. The third-order valence-corrected chi connectivity index (χ3v) is 2.86. The lowest BCUT2D eigenvalue weighted by atomic mass is 10.1. The van der Waals surface area contributed by atoms with Crippen LogP contribution in [-0.4, -0.2) is 24.1 Å². The summed E-state index contributed by atoms with van der Waals surface area (Å²) in [6.45, 7) is 4.20. The summed E-state index contributed by atoms with van der Waals surface area (Å²) < 4.78 is 0. The van der Waals surface area contributed by atoms with Crippen LogP contribution in [0.5, 0.6) is 0 Å². The number of nitrogens with zero attached hydrogens (tertiary/aromatic N) is 1. The highest BCUT2D eigenvalue weighted by Gasteiger charge is 2.11. The predicted molar refractivity (Wildman–Crippen MR) is 63.1 cm³/mol. The fraction of sp³-hybridized carbons (Fsp3) is 0.583. The van der Waals surface area contributed by atoms with Crippen LogP contribution in [0.25, 0.3) is 0 Å². The number of aryl methyl sites for hydroxylation is 1. The summed E-state index contributed by atoms with van der Waals surface area (Å²) in [5.41, 5.74) is 2.24. The maximum atomic E-state index is 4.18. The van der Waals surface area contributed by atoms with E-state index in [1.165, 1.54) is 31.5 Å². The minimum Gasteiger partial charge on any atom is -0.383 e. The van der Waals surface area contributed by atoms with Crippen LogP contribution in [-0.2, 0) is 0 Å². The Balaban J connectivity index is 1.81. The maximum absolute atomic E-state index is 4.18. The third kappa shape index (κ3) is 3.20. The summed E-state index contributed by atoms with van der Waals surface area (Å²) in [6, 6.07) is 4.74. The molecule has 1 aliphatic rings. The zero-order chi connectivity index (χ0) is 10.5. The number of nitrogens with one attached hydrogen (secondary N) is 2. The Kier molecular flexibility index (Phi) is 3.56. The molecule has 1 aromatic rings. The minimum atomic E-state index is 0.632. The molecule has 0 bridgehead atoms. The molecule has 1 atom stereocenters. The maximum Gasteiger partial charge on any atom is 0.0393 e. The van der Waals surface area contributed by atoms with Crippen LogP contribution in [0.1, 0.15) is 25.0 Å². The van der Waals surface area contributed by atoms with Crippen LogP contribution in [0.15, 0.2) is 18.3 Å². The predicted octanol–water partition coefficient (Wildman–Crippen LogP) is 1.94. The molecular formula is C12H19N3. The molecule has 0 radical (unpaired) electrons. The van der Waals surface area contributed by atoms with Gasteiger partial charge in [0.05, 0.1) is 0 Å². The van der Waals surface area contributed by atoms with Gasteiger partial charge in [0.2, 0.25) is 0 Å². The van der Waals surface area contributed by atoms with Crippen molar-refractivity contribution in [2.24, 2.45) is 0 Å². The van der Waals surface area contributed by atoms with E-state index in [0.29, 0.717) is 6.04 Å². The van der Waals surface area contributed by atoms with Crippen molar-refractivity contribution in [3.05, 3.63) is 24.0 Å². The summed E-state index contributed by atoms with van der Waals surface area (Å²) >= 11 is 0. The highest BCUT2D eigenvalue weighted by atomic mass is 15.0. The molecule has 2 rings (SSSR count). The first kappa shape index (κ1) is 10.4. The van der Waals surface area contributed by atoms with Crippen molar-refractivity contribution in [3.63, 3.8) is 0 Å². The van der Waals surface area contributed by atoms with Crippen molar-refractivity contribution >= 4 is 5.69 Å². The molecule has 82 valence electrons. The molecule has 1 saturated heterocycles. The van der Waals surface area contributed by atoms with Crippen LogP contribution < -0.4 is 10.6 Å². The normalized spacial score (nSPS) is 21.3. The molecule has 2 N–H and O–H groups in total. The van der Waals surface area contributed by atoms with Gasteiger partial charge in [-0.25, -0.2) is 0 Å². The first-order valence-corrected chi connectivity index (χ1v) is 5.74. The standard InChI is InChI=1S/C12H19N3/c1-10-8-11(5-7-13-10)15-9-12-4-2-3-6-14-12/h5,7-8,12,14H,2-4,6,9H2,1H3,(H,13,15). The van der Waals surface area contributed by atoms with Gasteiger partial charge in [0, 0.05) is 30.2 Å². The molecule has 0 amide bonds. The van der Waals surface area contributed by atoms with Gasteiger partial charge in [0.25, 0.3) is 0 Å². The molecular weight excluding hydrogens is 186 g/mol. The molecule has 0 aliphatic carbocycles. The van der Waals surface area contributed by atoms with E-state index in [4.69, 9.17) is 0 Å². The molecule has 1 fully saturated rings. The van der Waals surface area contributed by atoms with Gasteiger partial charge in [-0.05, 0) is 38.4 Å². The van der Waals surface area contributed by atoms with E-state index in [2.05, 4.69) is 21.7 Å². The Labute approximate surface area is 91.3 Å². The van der Waals surface area contributed by atoms with Gasteiger partial charge in [0.15, 0.2) is 0 Å². The summed E-state index contributed by atoms with van der Waals surface area (Å²) in [5, 5.41) is 6.98. The first-order chi connectivity index (χ1) is 7.34. The molecule has 3 heteroatoms. The van der Waals surface area contributed by atoms with Gasteiger partial charge < -0.3 is 10.6 Å². The smallest absolute Gasteiger partial charge is 0.0393 e. The van der Waals surface area contributed by atoms with Gasteiger partial charge in [-0.15, -0.1) is 0 Å². The Hall–Kier alpha value is -1.09. The average Bonchev–Trinajstić information content (AvgIpc) is 2.28. The molecule has 1 aliphatic heterocycles. The lowest BCUT2D eigenvalue weighted by Crippen LogP contribution is -2.39. The van der Waals surface area contributed by atoms with E-state index in [0.717, 1.165) is 12.2 Å². The van der Waals surface area contributed by atoms with E-state index >= 15 is 0 Å². The monoisotopic (exact) mass is 205 g/mol. The van der Waals surface area contributed by atoms with Crippen molar-refractivity contribution in [1.82, 2.24) is 10.3 Å². The quantitative estimate of drug-likeness (QED) is 0.792. The zero-order valence-corrected chi connectivity index (χ0v) is 9.29. The van der Waals surface area contributed by atoms with Crippen molar-refractivity contribution in [1.29, 1.82) is 0 Å². The topological polar surface area (TPSA) is 37.0 Å². The number of aromatic nitrogens is 1. The highest BCUT2D eigenvalue weighted by molar-refractivity contribution is 5.43. The lowest BCUT2D eigenvalue weighted by molar-refractivity contribution is 0.414. The molecule has 15 heavy (non-hydrogen) atoms. The SMILES string of the molecule is Cc1cc(NCC2CCCCN2)ccn1. The summed E-state index contributed by atoms with van der Waals surface area (Å²) in [5.74, 6) is 0. The van der Waals surface area contributed by atoms with Crippen LogP contribution in [0.2, 0.25) is 0 Å². The van der Waals surface area contributed by atoms with Gasteiger partial charge in [0.1, 0.15) is 0 Å². The fourth-order valence-corrected chi connectivity index (χ4v) is 1.99. The number of hydrogen-bond acceptors (Lipinski definition) is 3. The van der Waals surface area contributed by atoms with E-state index in [1.54, 1.807) is 0 Å². The number of rotatable bonds is 3. The third-order valence-electron chi connectivity index (χ3n) is 2.86. The average molecular weight is 205 g/mol. The molecule has 2 heterocycles. The van der Waals surface area contributed by atoms with Crippen molar-refractivity contribution in [2.75, 3.05) is 18.4 Å². The Morgan fingerprint density at radius 2 is 2.47 bits per heavy atom. The highest BCUT2D eigenvalue weighted by Crippen LogP contribution is 2.10. The number of pyridine rings is 1.